The predicted octanol–water partition coefficient (Wildman–Crippen LogP) is 1.52. The highest BCUT2D eigenvalue weighted by atomic mass is 16.5. The number of rotatable bonds is 1. The fourth-order valence-corrected chi connectivity index (χ4v) is 1.39. The molecule has 0 N–H and O–H groups in total. The van der Waals surface area contributed by atoms with Crippen molar-refractivity contribution in [3.63, 3.8) is 0 Å². The van der Waals surface area contributed by atoms with E-state index in [0.29, 0.717) is 11.1 Å². The lowest BCUT2D eigenvalue weighted by molar-refractivity contribution is -0.134. The van der Waals surface area contributed by atoms with Gasteiger partial charge in [0.25, 0.3) is 0 Å². The third-order valence-electron chi connectivity index (χ3n) is 2.05. The molecule has 0 radical (unpaired) electrons. The van der Waals surface area contributed by atoms with E-state index in [1.807, 2.05) is 24.3 Å². The zero-order valence-corrected chi connectivity index (χ0v) is 7.36. The van der Waals surface area contributed by atoms with Crippen molar-refractivity contribution >= 4 is 11.5 Å². The molecule has 0 saturated carbocycles. The van der Waals surface area contributed by atoms with Gasteiger partial charge in [0.15, 0.2) is 0 Å². The summed E-state index contributed by atoms with van der Waals surface area (Å²) in [4.78, 5) is 11.3. The summed E-state index contributed by atoms with van der Waals surface area (Å²) < 4.78 is 4.79. The summed E-state index contributed by atoms with van der Waals surface area (Å²) in [6, 6.07) is 11.1. The maximum atomic E-state index is 11.3. The minimum atomic E-state index is -0.409. The Hall–Kier alpha value is -2.08. The topological polar surface area (TPSA) is 50.1 Å². The molecule has 0 aliphatic carbocycles. The summed E-state index contributed by atoms with van der Waals surface area (Å²) in [5, 5.41) is 8.78. The molecule has 14 heavy (non-hydrogen) atoms. The lowest BCUT2D eigenvalue weighted by atomic mass is 10.0. The zero-order valence-electron chi connectivity index (χ0n) is 7.36. The second-order valence-corrected chi connectivity index (χ2v) is 2.91. The quantitative estimate of drug-likeness (QED) is 0.623. The van der Waals surface area contributed by atoms with Gasteiger partial charge in [0.2, 0.25) is 0 Å². The van der Waals surface area contributed by atoms with Gasteiger partial charge in [0.1, 0.15) is 6.61 Å². The van der Waals surface area contributed by atoms with E-state index in [2.05, 4.69) is 0 Å². The lowest BCUT2D eigenvalue weighted by Crippen LogP contribution is -1.98. The molecule has 3 nitrogen and oxygen atoms in total. The minimum absolute atomic E-state index is 0.0968. The number of carbonyl (C=O) groups excluding carboxylic acids is 1. The van der Waals surface area contributed by atoms with E-state index in [-0.39, 0.29) is 6.61 Å². The number of hydrogen-bond donors (Lipinski definition) is 0. The standard InChI is InChI=1S/C11H7NO2/c12-6-9-7-14-11(13)10(9)8-4-2-1-3-5-8/h1-5H,7H2. The summed E-state index contributed by atoms with van der Waals surface area (Å²) in [5.41, 5.74) is 1.54. The van der Waals surface area contributed by atoms with E-state index >= 15 is 0 Å². The monoisotopic (exact) mass is 185 g/mol. The van der Waals surface area contributed by atoms with Gasteiger partial charge in [0, 0.05) is 0 Å². The lowest BCUT2D eigenvalue weighted by Gasteiger charge is -1.98. The summed E-state index contributed by atoms with van der Waals surface area (Å²) in [7, 11) is 0. The molecule has 0 spiro atoms. The van der Waals surface area contributed by atoms with E-state index in [1.165, 1.54) is 0 Å². The predicted molar refractivity (Wildman–Crippen MR) is 49.9 cm³/mol. The maximum Gasteiger partial charge on any atom is 0.340 e. The molecule has 1 heterocycles. The first kappa shape index (κ1) is 8.52. The molecule has 0 bridgehead atoms. The Balaban J connectivity index is 2.53. The number of hydrogen-bond acceptors (Lipinski definition) is 3. The van der Waals surface area contributed by atoms with Crippen molar-refractivity contribution in [3.05, 3.63) is 41.5 Å². The number of nitrogens with zero attached hydrogens (tertiary/aromatic N) is 1. The Morgan fingerprint density at radius 3 is 2.64 bits per heavy atom. The Morgan fingerprint density at radius 1 is 1.29 bits per heavy atom. The van der Waals surface area contributed by atoms with Crippen LogP contribution in [0.2, 0.25) is 0 Å². The molecule has 1 aromatic carbocycles. The van der Waals surface area contributed by atoms with Crippen molar-refractivity contribution in [1.82, 2.24) is 0 Å². The van der Waals surface area contributed by atoms with E-state index < -0.39 is 5.97 Å². The van der Waals surface area contributed by atoms with Gasteiger partial charge in [-0.15, -0.1) is 0 Å². The van der Waals surface area contributed by atoms with Crippen LogP contribution in [0, 0.1) is 11.3 Å². The third kappa shape index (κ3) is 1.27. The van der Waals surface area contributed by atoms with Crippen molar-refractivity contribution < 1.29 is 9.53 Å². The van der Waals surface area contributed by atoms with Gasteiger partial charge in [-0.2, -0.15) is 5.26 Å². The average Bonchev–Trinajstić information content (AvgIpc) is 2.61. The molecule has 0 fully saturated rings. The largest absolute Gasteiger partial charge is 0.456 e. The highest BCUT2D eigenvalue weighted by Gasteiger charge is 2.25. The SMILES string of the molecule is N#CC1=C(c2ccccc2)C(=O)OC1. The average molecular weight is 185 g/mol. The van der Waals surface area contributed by atoms with Gasteiger partial charge >= 0.3 is 5.97 Å². The van der Waals surface area contributed by atoms with Crippen LogP contribution in [-0.2, 0) is 9.53 Å². The molecule has 0 unspecified atom stereocenters. The van der Waals surface area contributed by atoms with Crippen LogP contribution < -0.4 is 0 Å². The zero-order chi connectivity index (χ0) is 9.97. The van der Waals surface area contributed by atoms with Crippen molar-refractivity contribution in [3.8, 4) is 6.07 Å². The van der Waals surface area contributed by atoms with Crippen LogP contribution in [0.4, 0.5) is 0 Å². The number of cyclic esters (lactones) is 1. The second-order valence-electron chi connectivity index (χ2n) is 2.91. The number of ether oxygens (including phenoxy) is 1. The Kier molecular flexibility index (Phi) is 2.04. The van der Waals surface area contributed by atoms with Crippen LogP contribution in [-0.4, -0.2) is 12.6 Å². The van der Waals surface area contributed by atoms with Gasteiger partial charge in [-0.05, 0) is 5.56 Å². The summed E-state index contributed by atoms with van der Waals surface area (Å²) in [6.07, 6.45) is 0. The summed E-state index contributed by atoms with van der Waals surface area (Å²) in [6.45, 7) is 0.0968. The Bertz CT molecular complexity index is 440. The van der Waals surface area contributed by atoms with Gasteiger partial charge in [-0.1, -0.05) is 30.3 Å². The van der Waals surface area contributed by atoms with Crippen LogP contribution in [0.15, 0.2) is 35.9 Å². The number of benzene rings is 1. The molecule has 1 aliphatic rings. The summed E-state index contributed by atoms with van der Waals surface area (Å²) in [5.74, 6) is -0.409. The van der Waals surface area contributed by atoms with Crippen LogP contribution in [0.5, 0.6) is 0 Å². The van der Waals surface area contributed by atoms with Gasteiger partial charge in [-0.3, -0.25) is 0 Å². The molecule has 0 aromatic heterocycles. The molecular formula is C11H7NO2. The highest BCUT2D eigenvalue weighted by Crippen LogP contribution is 2.25. The smallest absolute Gasteiger partial charge is 0.340 e. The Labute approximate surface area is 81.2 Å². The molecule has 0 amide bonds. The second kappa shape index (κ2) is 3.35. The Morgan fingerprint density at radius 2 is 2.00 bits per heavy atom. The molecule has 2 rings (SSSR count). The fraction of sp³-hybridized carbons (Fsp3) is 0.0909. The molecule has 0 atom stereocenters. The molecule has 3 heteroatoms. The van der Waals surface area contributed by atoms with Crippen LogP contribution in [0.1, 0.15) is 5.56 Å². The number of esters is 1. The first-order valence-electron chi connectivity index (χ1n) is 4.18. The van der Waals surface area contributed by atoms with Crippen molar-refractivity contribution in [2.75, 3.05) is 6.61 Å². The summed E-state index contributed by atoms with van der Waals surface area (Å²) >= 11 is 0. The normalized spacial score (nSPS) is 15.2. The molecule has 1 aliphatic heterocycles. The van der Waals surface area contributed by atoms with Crippen molar-refractivity contribution in [2.45, 2.75) is 0 Å². The van der Waals surface area contributed by atoms with Crippen LogP contribution in [0.3, 0.4) is 0 Å². The molecular weight excluding hydrogens is 178 g/mol. The van der Waals surface area contributed by atoms with E-state index in [1.54, 1.807) is 12.1 Å². The van der Waals surface area contributed by atoms with E-state index in [4.69, 9.17) is 10.00 Å². The van der Waals surface area contributed by atoms with Crippen molar-refractivity contribution in [1.29, 1.82) is 5.26 Å². The minimum Gasteiger partial charge on any atom is -0.456 e. The van der Waals surface area contributed by atoms with Crippen molar-refractivity contribution in [2.24, 2.45) is 0 Å². The fourth-order valence-electron chi connectivity index (χ4n) is 1.39. The van der Waals surface area contributed by atoms with E-state index in [9.17, 15) is 4.79 Å². The highest BCUT2D eigenvalue weighted by molar-refractivity contribution is 6.20. The van der Waals surface area contributed by atoms with Gasteiger partial charge < -0.3 is 4.74 Å². The number of nitriles is 1. The third-order valence-corrected chi connectivity index (χ3v) is 2.05. The number of carbonyl (C=O) groups is 1. The van der Waals surface area contributed by atoms with Gasteiger partial charge in [-0.25, -0.2) is 4.79 Å². The maximum absolute atomic E-state index is 11.3. The molecule has 0 saturated heterocycles. The van der Waals surface area contributed by atoms with E-state index in [0.717, 1.165) is 5.56 Å². The van der Waals surface area contributed by atoms with Crippen LogP contribution >= 0.6 is 0 Å². The first-order chi connectivity index (χ1) is 6.83. The molecule has 1 aromatic rings. The van der Waals surface area contributed by atoms with Gasteiger partial charge in [0.05, 0.1) is 17.2 Å². The first-order valence-corrected chi connectivity index (χ1v) is 4.18. The van der Waals surface area contributed by atoms with Crippen LogP contribution in [0.25, 0.3) is 5.57 Å². The molecule has 68 valence electrons.